The van der Waals surface area contributed by atoms with E-state index in [2.05, 4.69) is 10.3 Å². The molecule has 2 aromatic heterocycles. The van der Waals surface area contributed by atoms with E-state index < -0.39 is 26.6 Å². The van der Waals surface area contributed by atoms with E-state index in [1.54, 1.807) is 19.2 Å². The molecule has 8 nitrogen and oxygen atoms in total. The van der Waals surface area contributed by atoms with Gasteiger partial charge in [0.25, 0.3) is 5.91 Å². The maximum Gasteiger partial charge on any atom is 0.257 e. The van der Waals surface area contributed by atoms with E-state index in [1.807, 2.05) is 29.7 Å². The monoisotopic (exact) mass is 458 g/mol. The van der Waals surface area contributed by atoms with Crippen LogP contribution in [0.15, 0.2) is 53.6 Å². The second-order valence-corrected chi connectivity index (χ2v) is 9.33. The van der Waals surface area contributed by atoms with Crippen LogP contribution in [-0.4, -0.2) is 54.5 Å². The van der Waals surface area contributed by atoms with Gasteiger partial charge in [-0.25, -0.2) is 17.8 Å². The zero-order valence-corrected chi connectivity index (χ0v) is 18.5. The van der Waals surface area contributed by atoms with Gasteiger partial charge >= 0.3 is 0 Å². The fourth-order valence-corrected chi connectivity index (χ4v) is 5.23. The highest BCUT2D eigenvalue weighted by Gasteiger charge is 2.29. The summed E-state index contributed by atoms with van der Waals surface area (Å²) < 4.78 is 48.4. The van der Waals surface area contributed by atoms with Crippen molar-refractivity contribution in [3.8, 4) is 5.82 Å². The van der Waals surface area contributed by atoms with Gasteiger partial charge in [0.2, 0.25) is 10.0 Å². The Bertz CT molecular complexity index is 1250. The van der Waals surface area contributed by atoms with Crippen LogP contribution in [0.3, 0.4) is 0 Å². The molecule has 1 aromatic carbocycles. The predicted molar refractivity (Wildman–Crippen MR) is 117 cm³/mol. The van der Waals surface area contributed by atoms with Crippen LogP contribution in [0.4, 0.5) is 10.1 Å². The number of carbonyl (C=O) groups excluding carboxylic acids is 1. The largest absolute Gasteiger partial charge is 0.379 e. The number of benzene rings is 1. The van der Waals surface area contributed by atoms with Crippen molar-refractivity contribution in [1.29, 1.82) is 0 Å². The number of morpholine rings is 1. The molecule has 0 atom stereocenters. The smallest absolute Gasteiger partial charge is 0.257 e. The van der Waals surface area contributed by atoms with Gasteiger partial charge in [-0.3, -0.25) is 4.79 Å². The molecule has 0 bridgehead atoms. The maximum absolute atomic E-state index is 14.4. The molecule has 4 rings (SSSR count). The Hall–Kier alpha value is -3.08. The van der Waals surface area contributed by atoms with Crippen molar-refractivity contribution in [3.63, 3.8) is 0 Å². The lowest BCUT2D eigenvalue weighted by atomic mass is 10.2. The van der Waals surface area contributed by atoms with Crippen LogP contribution in [0, 0.1) is 19.7 Å². The van der Waals surface area contributed by atoms with Gasteiger partial charge in [-0.1, -0.05) is 6.07 Å². The lowest BCUT2D eigenvalue weighted by molar-refractivity contribution is 0.0729. The standard InChI is InChI=1S/C22H23FN4O4S/c1-15-13-18(16(2)27(15)21-5-3-4-8-24-21)22(28)25-17-6-7-19(23)20(14-17)32(29,30)26-9-11-31-12-10-26/h3-8,13-14H,9-12H2,1-2H3,(H,25,28). The van der Waals surface area contributed by atoms with Gasteiger partial charge in [0.1, 0.15) is 16.5 Å². The van der Waals surface area contributed by atoms with Gasteiger partial charge in [-0.05, 0) is 50.2 Å². The summed E-state index contributed by atoms with van der Waals surface area (Å²) in [6.45, 7) is 4.47. The summed E-state index contributed by atoms with van der Waals surface area (Å²) in [4.78, 5) is 16.8. The lowest BCUT2D eigenvalue weighted by Crippen LogP contribution is -2.40. The van der Waals surface area contributed by atoms with E-state index >= 15 is 0 Å². The number of nitrogens with zero attached hydrogens (tertiary/aromatic N) is 3. The molecule has 0 spiro atoms. The SMILES string of the molecule is Cc1cc(C(=O)Nc2ccc(F)c(S(=O)(=O)N3CCOCC3)c2)c(C)n1-c1ccccn1. The third-order valence-corrected chi connectivity index (χ3v) is 7.24. The van der Waals surface area contributed by atoms with Crippen LogP contribution in [0.5, 0.6) is 0 Å². The first-order valence-electron chi connectivity index (χ1n) is 10.1. The molecule has 3 heterocycles. The van der Waals surface area contributed by atoms with E-state index in [0.29, 0.717) is 17.1 Å². The van der Waals surface area contributed by atoms with E-state index in [0.717, 1.165) is 17.8 Å². The third-order valence-electron chi connectivity index (χ3n) is 5.33. The van der Waals surface area contributed by atoms with E-state index in [-0.39, 0.29) is 32.0 Å². The van der Waals surface area contributed by atoms with Crippen LogP contribution in [0.1, 0.15) is 21.7 Å². The molecule has 0 aliphatic carbocycles. The number of hydrogen-bond donors (Lipinski definition) is 1. The highest BCUT2D eigenvalue weighted by Crippen LogP contribution is 2.25. The minimum absolute atomic E-state index is 0.151. The summed E-state index contributed by atoms with van der Waals surface area (Å²) in [5.74, 6) is -0.619. The fourth-order valence-electron chi connectivity index (χ4n) is 3.73. The molecule has 1 aliphatic heterocycles. The van der Waals surface area contributed by atoms with Crippen LogP contribution < -0.4 is 5.32 Å². The summed E-state index contributed by atoms with van der Waals surface area (Å²) in [6.07, 6.45) is 1.67. The van der Waals surface area contributed by atoms with E-state index in [4.69, 9.17) is 4.74 Å². The number of carbonyl (C=O) groups is 1. The number of aryl methyl sites for hydroxylation is 1. The number of rotatable bonds is 5. The molecule has 1 saturated heterocycles. The topological polar surface area (TPSA) is 93.5 Å². The van der Waals surface area contributed by atoms with Crippen molar-refractivity contribution in [3.05, 3.63) is 71.4 Å². The van der Waals surface area contributed by atoms with Crippen molar-refractivity contribution in [2.45, 2.75) is 18.7 Å². The van der Waals surface area contributed by atoms with Crippen molar-refractivity contribution in [1.82, 2.24) is 13.9 Å². The Kier molecular flexibility index (Phi) is 6.09. The number of anilines is 1. The number of ether oxygens (including phenoxy) is 1. The number of hydrogen-bond acceptors (Lipinski definition) is 5. The van der Waals surface area contributed by atoms with Crippen molar-refractivity contribution in [2.75, 3.05) is 31.6 Å². The van der Waals surface area contributed by atoms with Crippen molar-refractivity contribution >= 4 is 21.6 Å². The summed E-state index contributed by atoms with van der Waals surface area (Å²) in [7, 11) is -4.05. The third kappa shape index (κ3) is 4.16. The van der Waals surface area contributed by atoms with Gasteiger partial charge in [-0.2, -0.15) is 4.31 Å². The summed E-state index contributed by atoms with van der Waals surface area (Å²) in [5, 5.41) is 2.69. The van der Waals surface area contributed by atoms with Crippen LogP contribution in [-0.2, 0) is 14.8 Å². The second kappa shape index (κ2) is 8.81. The number of aromatic nitrogens is 2. The Morgan fingerprint density at radius 1 is 1.12 bits per heavy atom. The Labute approximate surface area is 185 Å². The predicted octanol–water partition coefficient (Wildman–Crippen LogP) is 2.90. The zero-order valence-electron chi connectivity index (χ0n) is 17.7. The minimum atomic E-state index is -4.05. The molecule has 1 fully saturated rings. The molecule has 168 valence electrons. The highest BCUT2D eigenvalue weighted by atomic mass is 32.2. The number of sulfonamides is 1. The molecule has 1 N–H and O–H groups in total. The molecule has 10 heteroatoms. The van der Waals surface area contributed by atoms with Gasteiger partial charge in [0.15, 0.2) is 0 Å². The van der Waals surface area contributed by atoms with Crippen molar-refractivity contribution in [2.24, 2.45) is 0 Å². The second-order valence-electron chi connectivity index (χ2n) is 7.42. The van der Waals surface area contributed by atoms with Gasteiger partial charge in [0, 0.05) is 36.4 Å². The first kappa shape index (κ1) is 22.1. The molecule has 0 radical (unpaired) electrons. The fraction of sp³-hybridized carbons (Fsp3) is 0.273. The number of amides is 1. The first-order valence-corrected chi connectivity index (χ1v) is 11.5. The molecule has 3 aromatic rings. The molecule has 1 amide bonds. The van der Waals surface area contributed by atoms with Gasteiger partial charge in [0.05, 0.1) is 18.8 Å². The van der Waals surface area contributed by atoms with Gasteiger partial charge < -0.3 is 14.6 Å². The molecule has 0 unspecified atom stereocenters. The Morgan fingerprint density at radius 3 is 2.56 bits per heavy atom. The average Bonchev–Trinajstić information content (AvgIpc) is 3.10. The van der Waals surface area contributed by atoms with Crippen LogP contribution in [0.2, 0.25) is 0 Å². The van der Waals surface area contributed by atoms with Crippen molar-refractivity contribution < 1.29 is 22.3 Å². The average molecular weight is 459 g/mol. The number of halogens is 1. The van der Waals surface area contributed by atoms with E-state index in [9.17, 15) is 17.6 Å². The summed E-state index contributed by atoms with van der Waals surface area (Å²) >= 11 is 0. The van der Waals surface area contributed by atoms with Gasteiger partial charge in [-0.15, -0.1) is 0 Å². The quantitative estimate of drug-likeness (QED) is 0.635. The molecule has 32 heavy (non-hydrogen) atoms. The molecule has 0 saturated carbocycles. The van der Waals surface area contributed by atoms with Crippen LogP contribution >= 0.6 is 0 Å². The minimum Gasteiger partial charge on any atom is -0.379 e. The Morgan fingerprint density at radius 2 is 1.88 bits per heavy atom. The summed E-state index contributed by atoms with van der Waals surface area (Å²) in [5.41, 5.74) is 2.10. The first-order chi connectivity index (χ1) is 15.3. The lowest BCUT2D eigenvalue weighted by Gasteiger charge is -2.26. The van der Waals surface area contributed by atoms with E-state index in [1.165, 1.54) is 10.4 Å². The molecular weight excluding hydrogens is 435 g/mol. The number of nitrogens with one attached hydrogen (secondary N) is 1. The van der Waals surface area contributed by atoms with Crippen LogP contribution in [0.25, 0.3) is 5.82 Å². The maximum atomic E-state index is 14.4. The molecular formula is C22H23FN4O4S. The summed E-state index contributed by atoms with van der Waals surface area (Å²) in [6, 6.07) is 10.8. The normalized spacial score (nSPS) is 15.0. The highest BCUT2D eigenvalue weighted by molar-refractivity contribution is 7.89. The Balaban J connectivity index is 1.62. The zero-order chi connectivity index (χ0) is 22.9. The number of pyridine rings is 1. The molecule has 1 aliphatic rings.